The van der Waals surface area contributed by atoms with Crippen LogP contribution in [0.4, 0.5) is 5.69 Å². The first-order valence-corrected chi connectivity index (χ1v) is 6.57. The summed E-state index contributed by atoms with van der Waals surface area (Å²) in [5.74, 6) is 0.314. The number of hydrogen-bond acceptors (Lipinski definition) is 3. The number of pyridine rings is 1. The van der Waals surface area contributed by atoms with E-state index in [4.69, 9.17) is 5.73 Å². The Hall–Kier alpha value is -1.81. The quantitative estimate of drug-likeness (QED) is 0.925. The lowest BCUT2D eigenvalue weighted by Gasteiger charge is -2.20. The third-order valence-electron chi connectivity index (χ3n) is 3.79. The SMILES string of the molecule is CC1CCN(c2cncc3ccc(C(N)=O)cc23)C1.Cl. The minimum absolute atomic E-state index is 0. The fourth-order valence-electron chi connectivity index (χ4n) is 2.71. The van der Waals surface area contributed by atoms with Crippen molar-refractivity contribution in [1.29, 1.82) is 0 Å². The molecule has 106 valence electrons. The number of hydrogen-bond donors (Lipinski definition) is 1. The number of carbonyl (C=O) groups excluding carboxylic acids is 1. The minimum atomic E-state index is -0.389. The molecule has 2 aromatic rings. The summed E-state index contributed by atoms with van der Waals surface area (Å²) in [5, 5.41) is 2.10. The van der Waals surface area contributed by atoms with Crippen molar-refractivity contribution in [3.8, 4) is 0 Å². The van der Waals surface area contributed by atoms with Crippen LogP contribution in [-0.2, 0) is 0 Å². The highest BCUT2D eigenvalue weighted by atomic mass is 35.5. The molecule has 1 aromatic carbocycles. The standard InChI is InChI=1S/C15H17N3O.ClH/c1-10-4-5-18(9-10)14-8-17-7-12-3-2-11(15(16)19)6-13(12)14;/h2-3,6-8,10H,4-5,9H2,1H3,(H2,16,19);1H. The van der Waals surface area contributed by atoms with Crippen LogP contribution >= 0.6 is 12.4 Å². The maximum Gasteiger partial charge on any atom is 0.248 e. The molecule has 1 fully saturated rings. The van der Waals surface area contributed by atoms with Crippen LogP contribution in [0.15, 0.2) is 30.6 Å². The van der Waals surface area contributed by atoms with Crippen molar-refractivity contribution in [2.45, 2.75) is 13.3 Å². The van der Waals surface area contributed by atoms with Gasteiger partial charge in [0.15, 0.2) is 0 Å². The maximum atomic E-state index is 11.3. The molecule has 1 aliphatic heterocycles. The topological polar surface area (TPSA) is 59.2 Å². The van der Waals surface area contributed by atoms with Gasteiger partial charge < -0.3 is 10.6 Å². The number of amides is 1. The van der Waals surface area contributed by atoms with Gasteiger partial charge in [0.2, 0.25) is 5.91 Å². The second kappa shape index (κ2) is 5.67. The Bertz CT molecular complexity index is 644. The second-order valence-corrected chi connectivity index (χ2v) is 5.30. The van der Waals surface area contributed by atoms with Gasteiger partial charge in [0.1, 0.15) is 0 Å². The Morgan fingerprint density at radius 3 is 2.85 bits per heavy atom. The van der Waals surface area contributed by atoms with Gasteiger partial charge in [-0.1, -0.05) is 13.0 Å². The first-order valence-electron chi connectivity index (χ1n) is 6.57. The van der Waals surface area contributed by atoms with Crippen LogP contribution in [0.3, 0.4) is 0 Å². The number of anilines is 1. The summed E-state index contributed by atoms with van der Waals surface area (Å²) < 4.78 is 0. The van der Waals surface area contributed by atoms with E-state index < -0.39 is 0 Å². The van der Waals surface area contributed by atoms with Gasteiger partial charge in [0, 0.05) is 35.6 Å². The van der Waals surface area contributed by atoms with E-state index in [1.54, 1.807) is 6.07 Å². The molecule has 1 amide bonds. The Morgan fingerprint density at radius 1 is 1.40 bits per heavy atom. The number of fused-ring (bicyclic) bond motifs is 1. The monoisotopic (exact) mass is 291 g/mol. The zero-order chi connectivity index (χ0) is 13.4. The van der Waals surface area contributed by atoms with Crippen LogP contribution < -0.4 is 10.6 Å². The number of primary amides is 1. The normalized spacial score (nSPS) is 18.1. The van der Waals surface area contributed by atoms with Crippen LogP contribution in [0.25, 0.3) is 10.8 Å². The zero-order valence-corrected chi connectivity index (χ0v) is 12.2. The maximum absolute atomic E-state index is 11.3. The van der Waals surface area contributed by atoms with Crippen LogP contribution in [-0.4, -0.2) is 24.0 Å². The first-order chi connectivity index (χ1) is 9.15. The van der Waals surface area contributed by atoms with Crippen LogP contribution in [0, 0.1) is 5.92 Å². The number of carbonyl (C=O) groups is 1. The van der Waals surface area contributed by atoms with Crippen LogP contribution in [0.2, 0.25) is 0 Å². The summed E-state index contributed by atoms with van der Waals surface area (Å²) in [6.07, 6.45) is 4.90. The summed E-state index contributed by atoms with van der Waals surface area (Å²) in [4.78, 5) is 18.0. The van der Waals surface area contributed by atoms with E-state index in [0.29, 0.717) is 11.5 Å². The summed E-state index contributed by atoms with van der Waals surface area (Å²) >= 11 is 0. The van der Waals surface area contributed by atoms with Gasteiger partial charge in [-0.3, -0.25) is 9.78 Å². The molecule has 1 unspecified atom stereocenters. The lowest BCUT2D eigenvalue weighted by molar-refractivity contribution is 0.100. The molecule has 3 rings (SSSR count). The van der Waals surface area contributed by atoms with E-state index in [2.05, 4.69) is 16.8 Å². The fourth-order valence-corrected chi connectivity index (χ4v) is 2.71. The number of halogens is 1. The average Bonchev–Trinajstić information content (AvgIpc) is 2.84. The van der Waals surface area contributed by atoms with Crippen molar-refractivity contribution in [2.24, 2.45) is 11.7 Å². The minimum Gasteiger partial charge on any atom is -0.370 e. The van der Waals surface area contributed by atoms with Crippen molar-refractivity contribution in [3.63, 3.8) is 0 Å². The summed E-state index contributed by atoms with van der Waals surface area (Å²) in [7, 11) is 0. The van der Waals surface area contributed by atoms with Crippen molar-refractivity contribution < 1.29 is 4.79 Å². The molecule has 4 nitrogen and oxygen atoms in total. The van der Waals surface area contributed by atoms with Gasteiger partial charge in [-0.25, -0.2) is 0 Å². The number of nitrogens with two attached hydrogens (primary N) is 1. The molecule has 0 saturated carbocycles. The van der Waals surface area contributed by atoms with Crippen molar-refractivity contribution >= 4 is 34.8 Å². The molecule has 20 heavy (non-hydrogen) atoms. The number of rotatable bonds is 2. The highest BCUT2D eigenvalue weighted by Gasteiger charge is 2.20. The summed E-state index contributed by atoms with van der Waals surface area (Å²) in [6, 6.07) is 5.53. The lowest BCUT2D eigenvalue weighted by Crippen LogP contribution is -2.19. The number of benzene rings is 1. The highest BCUT2D eigenvalue weighted by Crippen LogP contribution is 2.30. The van der Waals surface area contributed by atoms with Crippen LogP contribution in [0.1, 0.15) is 23.7 Å². The van der Waals surface area contributed by atoms with E-state index in [1.165, 1.54) is 6.42 Å². The van der Waals surface area contributed by atoms with Gasteiger partial charge in [-0.2, -0.15) is 0 Å². The Kier molecular flexibility index (Phi) is 4.14. The van der Waals surface area contributed by atoms with E-state index in [1.807, 2.05) is 24.5 Å². The highest BCUT2D eigenvalue weighted by molar-refractivity contribution is 6.01. The van der Waals surface area contributed by atoms with Gasteiger partial charge in [-0.15, -0.1) is 12.4 Å². The van der Waals surface area contributed by atoms with Gasteiger partial charge >= 0.3 is 0 Å². The fraction of sp³-hybridized carbons (Fsp3) is 0.333. The first kappa shape index (κ1) is 14.6. The molecule has 1 aromatic heterocycles. The summed E-state index contributed by atoms with van der Waals surface area (Å²) in [5.41, 5.74) is 7.01. The third kappa shape index (κ3) is 2.56. The lowest BCUT2D eigenvalue weighted by atomic mass is 10.1. The molecular weight excluding hydrogens is 274 g/mol. The molecular formula is C15H18ClN3O. The van der Waals surface area contributed by atoms with Gasteiger partial charge in [0.05, 0.1) is 11.9 Å². The van der Waals surface area contributed by atoms with E-state index >= 15 is 0 Å². The Balaban J connectivity index is 0.00000147. The molecule has 0 spiro atoms. The van der Waals surface area contributed by atoms with E-state index in [-0.39, 0.29) is 18.3 Å². The molecule has 0 radical (unpaired) electrons. The van der Waals surface area contributed by atoms with E-state index in [0.717, 1.165) is 29.5 Å². The second-order valence-electron chi connectivity index (χ2n) is 5.30. The molecule has 1 atom stereocenters. The molecule has 2 heterocycles. The van der Waals surface area contributed by atoms with E-state index in [9.17, 15) is 4.79 Å². The Morgan fingerprint density at radius 2 is 2.20 bits per heavy atom. The van der Waals surface area contributed by atoms with Gasteiger partial charge in [-0.05, 0) is 24.5 Å². The largest absolute Gasteiger partial charge is 0.370 e. The molecule has 0 aliphatic carbocycles. The molecule has 1 aliphatic rings. The van der Waals surface area contributed by atoms with Crippen molar-refractivity contribution in [2.75, 3.05) is 18.0 Å². The zero-order valence-electron chi connectivity index (χ0n) is 11.4. The molecule has 0 bridgehead atoms. The molecule has 5 heteroatoms. The third-order valence-corrected chi connectivity index (χ3v) is 3.79. The average molecular weight is 292 g/mol. The molecule has 1 saturated heterocycles. The Labute approximate surface area is 124 Å². The summed E-state index contributed by atoms with van der Waals surface area (Å²) in [6.45, 7) is 4.34. The van der Waals surface area contributed by atoms with Crippen molar-refractivity contribution in [3.05, 3.63) is 36.2 Å². The van der Waals surface area contributed by atoms with Crippen molar-refractivity contribution in [1.82, 2.24) is 4.98 Å². The molecule has 2 N–H and O–H groups in total. The van der Waals surface area contributed by atoms with Gasteiger partial charge in [0.25, 0.3) is 0 Å². The predicted molar refractivity (Wildman–Crippen MR) is 83.5 cm³/mol. The van der Waals surface area contributed by atoms with Crippen LogP contribution in [0.5, 0.6) is 0 Å². The predicted octanol–water partition coefficient (Wildman–Crippen LogP) is 2.60. The number of aromatic nitrogens is 1. The number of nitrogens with zero attached hydrogens (tertiary/aromatic N) is 2. The smallest absolute Gasteiger partial charge is 0.248 e.